The molecular weight excluding hydrogens is 338 g/mol. The maximum atomic E-state index is 12.7. The molecule has 4 rings (SSSR count). The normalized spacial score (nSPS) is 12.5. The molecule has 3 aromatic rings. The van der Waals surface area contributed by atoms with Crippen LogP contribution in [0.1, 0.15) is 42.2 Å². The van der Waals surface area contributed by atoms with Gasteiger partial charge < -0.3 is 15.1 Å². The molecule has 1 aromatic heterocycles. The minimum atomic E-state index is -0.909. The Morgan fingerprint density at radius 2 is 1.31 bits per heavy atom. The molecule has 0 saturated carbocycles. The Kier molecular flexibility index (Phi) is 3.37. The van der Waals surface area contributed by atoms with Gasteiger partial charge in [-0.3, -0.25) is 9.59 Å². The molecule has 7 heteroatoms. The van der Waals surface area contributed by atoms with Crippen molar-refractivity contribution in [1.29, 1.82) is 0 Å². The summed E-state index contributed by atoms with van der Waals surface area (Å²) in [5.74, 6) is -2.50. The van der Waals surface area contributed by atoms with Crippen LogP contribution in [-0.4, -0.2) is 32.5 Å². The lowest BCUT2D eigenvalue weighted by Gasteiger charge is -2.17. The molecule has 0 spiro atoms. The maximum absolute atomic E-state index is 12.7. The van der Waals surface area contributed by atoms with Crippen LogP contribution in [0.3, 0.4) is 0 Å². The van der Waals surface area contributed by atoms with E-state index in [0.29, 0.717) is 10.3 Å². The molecule has 0 bridgehead atoms. The van der Waals surface area contributed by atoms with Gasteiger partial charge in [0.25, 0.3) is 0 Å². The van der Waals surface area contributed by atoms with Gasteiger partial charge in [-0.05, 0) is 18.2 Å². The van der Waals surface area contributed by atoms with Gasteiger partial charge in [-0.15, -0.1) is 4.73 Å². The van der Waals surface area contributed by atoms with Gasteiger partial charge in [-0.2, -0.15) is 0 Å². The minimum absolute atomic E-state index is 0.00298. The summed E-state index contributed by atoms with van der Waals surface area (Å²) in [6, 6.07) is 12.8. The van der Waals surface area contributed by atoms with Gasteiger partial charge >= 0.3 is 5.97 Å². The molecule has 7 nitrogen and oxygen atoms in total. The van der Waals surface area contributed by atoms with Crippen molar-refractivity contribution in [3.05, 3.63) is 82.4 Å². The molecule has 0 radical (unpaired) electrons. The first-order valence-electron chi connectivity index (χ1n) is 7.62. The molecule has 0 atom stereocenters. The summed E-state index contributed by atoms with van der Waals surface area (Å²) in [5.41, 5.74) is 0.900. The number of rotatable bonds is 2. The lowest BCUT2D eigenvalue weighted by Crippen LogP contribution is -2.23. The highest BCUT2D eigenvalue weighted by molar-refractivity contribution is 6.28. The van der Waals surface area contributed by atoms with Gasteiger partial charge in [0.2, 0.25) is 11.8 Å². The molecule has 0 saturated heterocycles. The van der Waals surface area contributed by atoms with Gasteiger partial charge in [0.15, 0.2) is 11.6 Å². The summed E-state index contributed by atoms with van der Waals surface area (Å²) in [7, 11) is 0. The Morgan fingerprint density at radius 1 is 0.769 bits per heavy atom. The van der Waals surface area contributed by atoms with Gasteiger partial charge in [0.1, 0.15) is 0 Å². The van der Waals surface area contributed by atoms with Crippen LogP contribution in [0.2, 0.25) is 0 Å². The summed E-state index contributed by atoms with van der Waals surface area (Å²) in [4.78, 5) is 42.4. The number of hydrogen-bond acceptors (Lipinski definition) is 6. The fourth-order valence-electron chi connectivity index (χ4n) is 2.86. The number of aromatic hydroxyl groups is 2. The zero-order valence-electron chi connectivity index (χ0n) is 13.2. The van der Waals surface area contributed by atoms with Crippen molar-refractivity contribution < 1.29 is 29.4 Å². The highest BCUT2D eigenvalue weighted by Crippen LogP contribution is 2.28. The van der Waals surface area contributed by atoms with Crippen molar-refractivity contribution >= 4 is 17.5 Å². The first-order valence-corrected chi connectivity index (χ1v) is 7.62. The van der Waals surface area contributed by atoms with Crippen LogP contribution in [0, 0.1) is 0 Å². The molecule has 128 valence electrons. The summed E-state index contributed by atoms with van der Waals surface area (Å²) >= 11 is 0. The highest BCUT2D eigenvalue weighted by atomic mass is 16.7. The molecular formula is C19H11NO6. The molecule has 26 heavy (non-hydrogen) atoms. The SMILES string of the molecule is O=C(On1c(O)ccc1O)c1ccc2c(c1)C(=O)c1ccccc1C2=O. The van der Waals surface area contributed by atoms with E-state index in [-0.39, 0.29) is 33.8 Å². The minimum Gasteiger partial charge on any atom is -0.492 e. The van der Waals surface area contributed by atoms with Gasteiger partial charge in [-0.25, -0.2) is 4.79 Å². The van der Waals surface area contributed by atoms with E-state index in [0.717, 1.165) is 12.1 Å². The van der Waals surface area contributed by atoms with Gasteiger partial charge in [0.05, 0.1) is 5.56 Å². The predicted molar refractivity (Wildman–Crippen MR) is 88.4 cm³/mol. The lowest BCUT2D eigenvalue weighted by molar-refractivity contribution is 0.0381. The quantitative estimate of drug-likeness (QED) is 0.573. The number of nitrogens with zero attached hydrogens (tertiary/aromatic N) is 1. The zero-order valence-corrected chi connectivity index (χ0v) is 13.2. The molecule has 0 fully saturated rings. The Labute approximate surface area is 146 Å². The number of benzene rings is 2. The van der Waals surface area contributed by atoms with Crippen LogP contribution in [0.25, 0.3) is 0 Å². The summed E-state index contributed by atoms with van der Waals surface area (Å²) in [6.07, 6.45) is 0. The number of ketones is 2. The van der Waals surface area contributed by atoms with Crippen molar-refractivity contribution in [2.45, 2.75) is 0 Å². The third-order valence-electron chi connectivity index (χ3n) is 4.13. The van der Waals surface area contributed by atoms with E-state index < -0.39 is 17.7 Å². The Morgan fingerprint density at radius 3 is 1.92 bits per heavy atom. The highest BCUT2D eigenvalue weighted by Gasteiger charge is 2.30. The molecule has 0 unspecified atom stereocenters. The fourth-order valence-corrected chi connectivity index (χ4v) is 2.86. The van der Waals surface area contributed by atoms with E-state index in [9.17, 15) is 24.6 Å². The largest absolute Gasteiger partial charge is 0.492 e. The average molecular weight is 349 g/mol. The van der Waals surface area contributed by atoms with Crippen LogP contribution in [0.4, 0.5) is 0 Å². The number of carbonyl (C=O) groups is 3. The monoisotopic (exact) mass is 349 g/mol. The van der Waals surface area contributed by atoms with E-state index in [2.05, 4.69) is 0 Å². The standard InChI is InChI=1S/C19H11NO6/c21-15-7-8-16(22)20(15)26-19(25)10-5-6-13-14(9-10)18(24)12-4-2-1-3-11(12)17(13)23/h1-9,21-22H. The van der Waals surface area contributed by atoms with Crippen LogP contribution >= 0.6 is 0 Å². The molecule has 2 N–H and O–H groups in total. The van der Waals surface area contributed by atoms with Gasteiger partial charge in [-0.1, -0.05) is 24.3 Å². The Balaban J connectivity index is 1.73. The van der Waals surface area contributed by atoms with E-state index in [1.807, 2.05) is 0 Å². The van der Waals surface area contributed by atoms with Crippen molar-refractivity contribution in [3.8, 4) is 11.8 Å². The number of aromatic nitrogens is 1. The van der Waals surface area contributed by atoms with E-state index in [1.165, 1.54) is 18.2 Å². The first kappa shape index (κ1) is 15.6. The van der Waals surface area contributed by atoms with E-state index in [1.54, 1.807) is 24.3 Å². The summed E-state index contributed by atoms with van der Waals surface area (Å²) in [5, 5.41) is 19.1. The Bertz CT molecular complexity index is 1080. The number of hydrogen-bond donors (Lipinski definition) is 2. The van der Waals surface area contributed by atoms with E-state index in [4.69, 9.17) is 4.84 Å². The van der Waals surface area contributed by atoms with Gasteiger partial charge in [0, 0.05) is 34.4 Å². The second-order valence-electron chi connectivity index (χ2n) is 5.69. The number of carbonyl (C=O) groups excluding carboxylic acids is 3. The molecule has 1 aliphatic carbocycles. The topological polar surface area (TPSA) is 106 Å². The molecule has 0 aliphatic heterocycles. The van der Waals surface area contributed by atoms with Crippen molar-refractivity contribution in [2.75, 3.05) is 0 Å². The maximum Gasteiger partial charge on any atom is 0.363 e. The average Bonchev–Trinajstić information content (AvgIpc) is 2.97. The number of fused-ring (bicyclic) bond motifs is 2. The third kappa shape index (κ3) is 2.26. The molecule has 1 aliphatic rings. The molecule has 0 amide bonds. The van der Waals surface area contributed by atoms with Crippen LogP contribution in [0.15, 0.2) is 54.6 Å². The first-order chi connectivity index (χ1) is 12.5. The van der Waals surface area contributed by atoms with Crippen molar-refractivity contribution in [3.63, 3.8) is 0 Å². The fraction of sp³-hybridized carbons (Fsp3) is 0. The third-order valence-corrected chi connectivity index (χ3v) is 4.13. The molecule has 1 heterocycles. The van der Waals surface area contributed by atoms with Crippen LogP contribution in [0.5, 0.6) is 11.8 Å². The van der Waals surface area contributed by atoms with Crippen LogP contribution < -0.4 is 4.84 Å². The lowest BCUT2D eigenvalue weighted by atomic mass is 9.83. The second-order valence-corrected chi connectivity index (χ2v) is 5.69. The van der Waals surface area contributed by atoms with Crippen molar-refractivity contribution in [2.24, 2.45) is 0 Å². The second kappa shape index (κ2) is 5.59. The zero-order chi connectivity index (χ0) is 18.4. The summed E-state index contributed by atoms with van der Waals surface area (Å²) in [6.45, 7) is 0. The van der Waals surface area contributed by atoms with E-state index >= 15 is 0 Å². The smallest absolute Gasteiger partial charge is 0.363 e. The summed E-state index contributed by atoms with van der Waals surface area (Å²) < 4.78 is 0.546. The molecule has 2 aromatic carbocycles. The van der Waals surface area contributed by atoms with Crippen LogP contribution in [-0.2, 0) is 0 Å². The van der Waals surface area contributed by atoms with Crippen molar-refractivity contribution in [1.82, 2.24) is 4.73 Å². The Hall–Kier alpha value is -3.87. The predicted octanol–water partition coefficient (Wildman–Crippen LogP) is 1.94.